The lowest BCUT2D eigenvalue weighted by molar-refractivity contribution is 0.0669. The van der Waals surface area contributed by atoms with E-state index in [0.29, 0.717) is 42.4 Å². The number of carbonyl (C=O) groups excluding carboxylic acids is 2. The highest BCUT2D eigenvalue weighted by Gasteiger charge is 2.34. The maximum atomic E-state index is 13.4. The molecule has 0 spiro atoms. The van der Waals surface area contributed by atoms with E-state index in [9.17, 15) is 9.59 Å². The van der Waals surface area contributed by atoms with Crippen LogP contribution in [0.15, 0.2) is 54.9 Å². The molecule has 0 aliphatic carbocycles. The van der Waals surface area contributed by atoms with Crippen molar-refractivity contribution in [2.45, 2.75) is 38.3 Å². The predicted molar refractivity (Wildman–Crippen MR) is 131 cm³/mol. The van der Waals surface area contributed by atoms with Crippen LogP contribution in [-0.2, 0) is 0 Å². The molecule has 2 aromatic heterocycles. The topological polar surface area (TPSA) is 98.6 Å². The lowest BCUT2D eigenvalue weighted by Gasteiger charge is -2.39. The van der Waals surface area contributed by atoms with E-state index in [2.05, 4.69) is 15.4 Å². The smallest absolute Gasteiger partial charge is 0.269 e. The molecule has 184 valence electrons. The Balaban J connectivity index is 1.56. The fourth-order valence-electron chi connectivity index (χ4n) is 4.53. The average Bonchev–Trinajstić information content (AvgIpc) is 3.39. The van der Waals surface area contributed by atoms with Gasteiger partial charge in [-0.3, -0.25) is 14.3 Å². The first-order valence-electron chi connectivity index (χ1n) is 11.7. The van der Waals surface area contributed by atoms with Crippen LogP contribution in [0.5, 0.6) is 11.6 Å². The molecule has 1 aliphatic heterocycles. The SMILES string of the molecule is COc1cc(C(=O)N2CC[C@@H](NC(=O)c3ccnn3C(C)C)[C@@H](c3ccccc3)C2)cnc1OC. The average molecular weight is 478 g/mol. The molecule has 2 amide bonds. The maximum Gasteiger partial charge on any atom is 0.269 e. The quantitative estimate of drug-likeness (QED) is 0.561. The number of carbonyl (C=O) groups is 2. The molecule has 4 rings (SSSR count). The molecule has 3 aromatic rings. The molecule has 3 heterocycles. The van der Waals surface area contributed by atoms with Crippen LogP contribution in [0.25, 0.3) is 0 Å². The lowest BCUT2D eigenvalue weighted by atomic mass is 9.85. The molecule has 9 nitrogen and oxygen atoms in total. The van der Waals surface area contributed by atoms with E-state index < -0.39 is 0 Å². The Morgan fingerprint density at radius 2 is 1.89 bits per heavy atom. The first kappa shape index (κ1) is 24.3. The van der Waals surface area contributed by atoms with Crippen LogP contribution in [0.4, 0.5) is 0 Å². The van der Waals surface area contributed by atoms with Gasteiger partial charge < -0.3 is 19.7 Å². The van der Waals surface area contributed by atoms with Crippen molar-refractivity contribution in [3.05, 3.63) is 71.7 Å². The molecule has 0 saturated carbocycles. The van der Waals surface area contributed by atoms with Crippen molar-refractivity contribution in [2.24, 2.45) is 0 Å². The zero-order valence-corrected chi connectivity index (χ0v) is 20.5. The van der Waals surface area contributed by atoms with E-state index in [1.54, 1.807) is 23.0 Å². The summed E-state index contributed by atoms with van der Waals surface area (Å²) in [5.74, 6) is 0.365. The van der Waals surface area contributed by atoms with E-state index in [0.717, 1.165) is 5.56 Å². The van der Waals surface area contributed by atoms with Crippen LogP contribution in [0.1, 0.15) is 58.6 Å². The van der Waals surface area contributed by atoms with Gasteiger partial charge in [-0.15, -0.1) is 0 Å². The number of amides is 2. The van der Waals surface area contributed by atoms with Gasteiger partial charge in [-0.25, -0.2) is 4.98 Å². The first-order valence-corrected chi connectivity index (χ1v) is 11.7. The summed E-state index contributed by atoms with van der Waals surface area (Å²) in [4.78, 5) is 32.5. The van der Waals surface area contributed by atoms with Crippen molar-refractivity contribution in [3.8, 4) is 11.6 Å². The third-order valence-electron chi connectivity index (χ3n) is 6.31. The Labute approximate surface area is 205 Å². The summed E-state index contributed by atoms with van der Waals surface area (Å²) < 4.78 is 12.2. The first-order chi connectivity index (χ1) is 16.9. The van der Waals surface area contributed by atoms with Gasteiger partial charge in [0.15, 0.2) is 5.75 Å². The largest absolute Gasteiger partial charge is 0.491 e. The number of ether oxygens (including phenoxy) is 2. The Kier molecular flexibility index (Phi) is 7.33. The van der Waals surface area contributed by atoms with Gasteiger partial charge in [0, 0.05) is 49.6 Å². The standard InChI is InChI=1S/C26H31N5O4/c1-17(2)31-22(10-12-28-31)24(32)29-21-11-13-30(16-20(21)18-8-6-5-7-9-18)26(33)19-14-23(34-3)25(35-4)27-15-19/h5-10,12,14-15,17,20-21H,11,13,16H2,1-4H3,(H,29,32)/t20-,21-/m1/s1. The lowest BCUT2D eigenvalue weighted by Crippen LogP contribution is -2.51. The molecule has 0 unspecified atom stereocenters. The number of methoxy groups -OCH3 is 2. The molecule has 9 heteroatoms. The van der Waals surface area contributed by atoms with Gasteiger partial charge >= 0.3 is 0 Å². The summed E-state index contributed by atoms with van der Waals surface area (Å²) in [6.45, 7) is 4.95. The third-order valence-corrected chi connectivity index (χ3v) is 6.31. The second-order valence-electron chi connectivity index (χ2n) is 8.83. The molecule has 1 aliphatic rings. The number of piperidine rings is 1. The van der Waals surface area contributed by atoms with Crippen molar-refractivity contribution < 1.29 is 19.1 Å². The summed E-state index contributed by atoms with van der Waals surface area (Å²) in [7, 11) is 3.02. The van der Waals surface area contributed by atoms with Gasteiger partial charge in [0.1, 0.15) is 5.69 Å². The number of nitrogens with zero attached hydrogens (tertiary/aromatic N) is 4. The minimum atomic E-state index is -0.161. The molecule has 0 bridgehead atoms. The van der Waals surface area contributed by atoms with Crippen molar-refractivity contribution in [3.63, 3.8) is 0 Å². The van der Waals surface area contributed by atoms with E-state index in [1.807, 2.05) is 49.1 Å². The molecule has 1 fully saturated rings. The number of aromatic nitrogens is 3. The number of benzene rings is 1. The molecule has 2 atom stereocenters. The normalized spacial score (nSPS) is 17.8. The number of nitrogens with one attached hydrogen (secondary N) is 1. The van der Waals surface area contributed by atoms with Gasteiger partial charge in [-0.2, -0.15) is 5.10 Å². The Hall–Kier alpha value is -3.88. The van der Waals surface area contributed by atoms with Crippen molar-refractivity contribution in [1.82, 2.24) is 25.0 Å². The Bertz CT molecular complexity index is 1180. The second-order valence-corrected chi connectivity index (χ2v) is 8.83. The number of rotatable bonds is 7. The zero-order chi connectivity index (χ0) is 24.9. The predicted octanol–water partition coefficient (Wildman–Crippen LogP) is 3.30. The molecule has 1 saturated heterocycles. The third kappa shape index (κ3) is 5.13. The van der Waals surface area contributed by atoms with Crippen LogP contribution >= 0.6 is 0 Å². The van der Waals surface area contributed by atoms with E-state index >= 15 is 0 Å². The fourth-order valence-corrected chi connectivity index (χ4v) is 4.53. The number of hydrogen-bond donors (Lipinski definition) is 1. The summed E-state index contributed by atoms with van der Waals surface area (Å²) >= 11 is 0. The van der Waals surface area contributed by atoms with Crippen LogP contribution in [0, 0.1) is 0 Å². The Morgan fingerprint density at radius 1 is 1.11 bits per heavy atom. The number of likely N-dealkylation sites (tertiary alicyclic amines) is 1. The summed E-state index contributed by atoms with van der Waals surface area (Å²) in [6.07, 6.45) is 3.76. The number of pyridine rings is 1. The van der Waals surface area contributed by atoms with Gasteiger partial charge in [0.05, 0.1) is 19.8 Å². The van der Waals surface area contributed by atoms with Gasteiger partial charge in [-0.05, 0) is 31.9 Å². The molecule has 0 radical (unpaired) electrons. The molecular formula is C26H31N5O4. The highest BCUT2D eigenvalue weighted by atomic mass is 16.5. The molecule has 1 aromatic carbocycles. The van der Waals surface area contributed by atoms with Crippen LogP contribution in [-0.4, -0.2) is 64.8 Å². The Morgan fingerprint density at radius 3 is 2.57 bits per heavy atom. The van der Waals surface area contributed by atoms with Crippen LogP contribution in [0.3, 0.4) is 0 Å². The van der Waals surface area contributed by atoms with Gasteiger partial charge in [0.25, 0.3) is 17.7 Å². The molecule has 35 heavy (non-hydrogen) atoms. The van der Waals surface area contributed by atoms with Crippen LogP contribution < -0.4 is 14.8 Å². The minimum Gasteiger partial charge on any atom is -0.491 e. The highest BCUT2D eigenvalue weighted by Crippen LogP contribution is 2.30. The van der Waals surface area contributed by atoms with Crippen LogP contribution in [0.2, 0.25) is 0 Å². The zero-order valence-electron chi connectivity index (χ0n) is 20.5. The summed E-state index contributed by atoms with van der Waals surface area (Å²) in [5.41, 5.74) is 2.03. The van der Waals surface area contributed by atoms with E-state index in [1.165, 1.54) is 20.4 Å². The monoisotopic (exact) mass is 477 g/mol. The van der Waals surface area contributed by atoms with Crippen molar-refractivity contribution >= 4 is 11.8 Å². The van der Waals surface area contributed by atoms with Crippen molar-refractivity contribution in [2.75, 3.05) is 27.3 Å². The molecule has 1 N–H and O–H groups in total. The maximum absolute atomic E-state index is 13.4. The van der Waals surface area contributed by atoms with Crippen molar-refractivity contribution in [1.29, 1.82) is 0 Å². The molecular weight excluding hydrogens is 446 g/mol. The van der Waals surface area contributed by atoms with E-state index in [-0.39, 0.29) is 29.8 Å². The highest BCUT2D eigenvalue weighted by molar-refractivity contribution is 5.95. The summed E-state index contributed by atoms with van der Waals surface area (Å²) in [6, 6.07) is 13.3. The van der Waals surface area contributed by atoms with E-state index in [4.69, 9.17) is 9.47 Å². The second kappa shape index (κ2) is 10.6. The van der Waals surface area contributed by atoms with Gasteiger partial charge in [-0.1, -0.05) is 30.3 Å². The van der Waals surface area contributed by atoms with Gasteiger partial charge in [0.2, 0.25) is 0 Å². The minimum absolute atomic E-state index is 0.0682. The summed E-state index contributed by atoms with van der Waals surface area (Å²) in [5, 5.41) is 7.49. The fraction of sp³-hybridized carbons (Fsp3) is 0.385. The number of hydrogen-bond acceptors (Lipinski definition) is 6.